The molecule has 6 heteroatoms. The molecule has 3 atom stereocenters. The number of benzene rings is 2. The number of carbonyl (C=O) groups is 2. The Balaban J connectivity index is 1.43. The van der Waals surface area contributed by atoms with Gasteiger partial charge in [0.2, 0.25) is 0 Å². The molecule has 134 valence electrons. The summed E-state index contributed by atoms with van der Waals surface area (Å²) in [4.78, 5) is 27.0. The Morgan fingerprint density at radius 1 is 1.00 bits per heavy atom. The van der Waals surface area contributed by atoms with Crippen molar-refractivity contribution >= 4 is 29.2 Å². The molecule has 2 aliphatic rings. The minimum atomic E-state index is -0.163. The predicted octanol–water partition coefficient (Wildman–Crippen LogP) is 3.76. The maximum Gasteiger partial charge on any atom is 0.322 e. The monoisotopic (exact) mass is 369 g/mol. The highest BCUT2D eigenvalue weighted by Gasteiger charge is 2.47. The highest BCUT2D eigenvalue weighted by atomic mass is 35.5. The van der Waals surface area contributed by atoms with Crippen molar-refractivity contribution < 1.29 is 9.59 Å². The summed E-state index contributed by atoms with van der Waals surface area (Å²) in [7, 11) is 0. The van der Waals surface area contributed by atoms with Crippen LogP contribution < -0.4 is 10.6 Å². The summed E-state index contributed by atoms with van der Waals surface area (Å²) >= 11 is 6.13. The smallest absolute Gasteiger partial charge is 0.322 e. The zero-order valence-electron chi connectivity index (χ0n) is 14.2. The first kappa shape index (κ1) is 16.9. The van der Waals surface area contributed by atoms with Gasteiger partial charge in [-0.05, 0) is 43.0 Å². The number of rotatable bonds is 3. The number of hydrogen-bond donors (Lipinski definition) is 2. The second-order valence-electron chi connectivity index (χ2n) is 6.91. The first-order chi connectivity index (χ1) is 12.6. The Hall–Kier alpha value is -2.53. The molecule has 2 fully saturated rings. The molecule has 2 bridgehead atoms. The molecule has 5 nitrogen and oxygen atoms in total. The Bertz CT molecular complexity index is 827. The summed E-state index contributed by atoms with van der Waals surface area (Å²) in [5.41, 5.74) is 1.24. The van der Waals surface area contributed by atoms with E-state index in [1.54, 1.807) is 24.3 Å². The number of piperidine rings is 1. The van der Waals surface area contributed by atoms with Crippen molar-refractivity contribution in [2.24, 2.45) is 5.92 Å². The van der Waals surface area contributed by atoms with Gasteiger partial charge in [0, 0.05) is 18.2 Å². The fourth-order valence-corrected chi connectivity index (χ4v) is 4.19. The van der Waals surface area contributed by atoms with E-state index >= 15 is 0 Å². The molecular formula is C20H20ClN3O2. The van der Waals surface area contributed by atoms with Gasteiger partial charge < -0.3 is 15.5 Å². The van der Waals surface area contributed by atoms with Crippen LogP contribution in [0.1, 0.15) is 23.2 Å². The molecule has 3 unspecified atom stereocenters. The summed E-state index contributed by atoms with van der Waals surface area (Å²) < 4.78 is 0. The number of likely N-dealkylation sites (tertiary alicyclic amines) is 1. The number of nitrogens with one attached hydrogen (secondary N) is 2. The van der Waals surface area contributed by atoms with Crippen molar-refractivity contribution in [1.82, 2.24) is 10.2 Å². The normalized spacial score (nSPS) is 23.7. The van der Waals surface area contributed by atoms with E-state index in [0.717, 1.165) is 19.4 Å². The highest BCUT2D eigenvalue weighted by molar-refractivity contribution is 6.33. The molecular weight excluding hydrogens is 350 g/mol. The van der Waals surface area contributed by atoms with E-state index < -0.39 is 0 Å². The molecule has 2 aromatic rings. The predicted molar refractivity (Wildman–Crippen MR) is 101 cm³/mol. The van der Waals surface area contributed by atoms with Crippen LogP contribution in [0.3, 0.4) is 0 Å². The summed E-state index contributed by atoms with van der Waals surface area (Å²) in [5.74, 6) is 0.340. The second-order valence-corrected chi connectivity index (χ2v) is 7.32. The zero-order chi connectivity index (χ0) is 18.1. The van der Waals surface area contributed by atoms with Gasteiger partial charge in [-0.3, -0.25) is 4.79 Å². The Labute approximate surface area is 157 Å². The van der Waals surface area contributed by atoms with E-state index in [9.17, 15) is 9.59 Å². The standard InChI is InChI=1S/C20H20ClN3O2/c21-15-8-4-5-9-16(15)23-20(26)24-12-13-10-17(18(24)11-13)22-19(25)14-6-2-1-3-7-14/h1-9,13,17-18H,10-12H2,(H,22,25)(H,23,26). The number of carbonyl (C=O) groups excluding carboxylic acids is 2. The number of para-hydroxylation sites is 1. The Morgan fingerprint density at radius 3 is 2.46 bits per heavy atom. The molecule has 2 aromatic carbocycles. The van der Waals surface area contributed by atoms with Crippen LogP contribution in [0.15, 0.2) is 54.6 Å². The number of hydrogen-bond acceptors (Lipinski definition) is 2. The van der Waals surface area contributed by atoms with Crippen molar-refractivity contribution in [2.45, 2.75) is 24.9 Å². The molecule has 1 aliphatic carbocycles. The number of fused-ring (bicyclic) bond motifs is 2. The van der Waals surface area contributed by atoms with Crippen LogP contribution in [0.4, 0.5) is 10.5 Å². The van der Waals surface area contributed by atoms with Gasteiger partial charge in [-0.15, -0.1) is 0 Å². The van der Waals surface area contributed by atoms with E-state index in [0.29, 0.717) is 22.2 Å². The lowest BCUT2D eigenvalue weighted by Crippen LogP contribution is -2.53. The van der Waals surface area contributed by atoms with Crippen LogP contribution in [0.5, 0.6) is 0 Å². The van der Waals surface area contributed by atoms with Crippen molar-refractivity contribution in [3.8, 4) is 0 Å². The average molecular weight is 370 g/mol. The molecule has 1 saturated heterocycles. The van der Waals surface area contributed by atoms with Crippen molar-refractivity contribution in [2.75, 3.05) is 11.9 Å². The van der Waals surface area contributed by atoms with Gasteiger partial charge in [0.1, 0.15) is 0 Å². The van der Waals surface area contributed by atoms with Crippen LogP contribution in [0, 0.1) is 5.92 Å². The van der Waals surface area contributed by atoms with Crippen LogP contribution in [0.25, 0.3) is 0 Å². The van der Waals surface area contributed by atoms with E-state index in [1.807, 2.05) is 35.2 Å². The molecule has 0 spiro atoms. The van der Waals surface area contributed by atoms with Crippen LogP contribution in [-0.4, -0.2) is 35.5 Å². The summed E-state index contributed by atoms with van der Waals surface area (Å²) in [6.45, 7) is 0.721. The molecule has 1 heterocycles. The summed E-state index contributed by atoms with van der Waals surface area (Å²) in [5, 5.41) is 6.50. The van der Waals surface area contributed by atoms with Gasteiger partial charge in [0.05, 0.1) is 16.8 Å². The van der Waals surface area contributed by atoms with Gasteiger partial charge >= 0.3 is 6.03 Å². The van der Waals surface area contributed by atoms with Gasteiger partial charge in [-0.2, -0.15) is 0 Å². The molecule has 1 saturated carbocycles. The number of anilines is 1. The number of nitrogens with zero attached hydrogens (tertiary/aromatic N) is 1. The fraction of sp³-hybridized carbons (Fsp3) is 0.300. The maximum atomic E-state index is 12.7. The average Bonchev–Trinajstić information content (AvgIpc) is 3.25. The van der Waals surface area contributed by atoms with Gasteiger partial charge in [0.15, 0.2) is 0 Å². The quantitative estimate of drug-likeness (QED) is 0.865. The SMILES string of the molecule is O=C(NC1CC2CC1N(C(=O)Nc1ccccc1Cl)C2)c1ccccc1. The lowest BCUT2D eigenvalue weighted by Gasteiger charge is -2.33. The second kappa shape index (κ2) is 7.00. The third-order valence-electron chi connectivity index (χ3n) is 5.21. The van der Waals surface area contributed by atoms with Crippen LogP contribution in [-0.2, 0) is 0 Å². The van der Waals surface area contributed by atoms with Crippen LogP contribution >= 0.6 is 11.6 Å². The Kier molecular flexibility index (Phi) is 4.55. The Morgan fingerprint density at radius 2 is 1.73 bits per heavy atom. The number of amides is 3. The minimum Gasteiger partial charge on any atom is -0.347 e. The molecule has 4 rings (SSSR count). The largest absolute Gasteiger partial charge is 0.347 e. The zero-order valence-corrected chi connectivity index (χ0v) is 14.9. The highest BCUT2D eigenvalue weighted by Crippen LogP contribution is 2.38. The van der Waals surface area contributed by atoms with Gasteiger partial charge in [-0.1, -0.05) is 41.9 Å². The lowest BCUT2D eigenvalue weighted by molar-refractivity contribution is 0.0906. The summed E-state index contributed by atoms with van der Waals surface area (Å²) in [6, 6.07) is 16.2. The lowest BCUT2D eigenvalue weighted by atomic mass is 10.1. The van der Waals surface area contributed by atoms with E-state index in [4.69, 9.17) is 11.6 Å². The maximum absolute atomic E-state index is 12.7. The van der Waals surface area contributed by atoms with Gasteiger partial charge in [0.25, 0.3) is 5.91 Å². The number of urea groups is 1. The van der Waals surface area contributed by atoms with Crippen molar-refractivity contribution in [3.63, 3.8) is 0 Å². The molecule has 26 heavy (non-hydrogen) atoms. The third-order valence-corrected chi connectivity index (χ3v) is 5.54. The van der Waals surface area contributed by atoms with Crippen molar-refractivity contribution in [1.29, 1.82) is 0 Å². The first-order valence-corrected chi connectivity index (χ1v) is 9.17. The molecule has 0 radical (unpaired) electrons. The first-order valence-electron chi connectivity index (χ1n) is 8.80. The molecule has 0 aromatic heterocycles. The van der Waals surface area contributed by atoms with Crippen molar-refractivity contribution in [3.05, 3.63) is 65.2 Å². The minimum absolute atomic E-state index is 0.0153. The summed E-state index contributed by atoms with van der Waals surface area (Å²) in [6.07, 6.45) is 1.84. The third kappa shape index (κ3) is 3.27. The number of halogens is 1. The van der Waals surface area contributed by atoms with E-state index in [2.05, 4.69) is 10.6 Å². The molecule has 2 N–H and O–H groups in total. The molecule has 1 aliphatic heterocycles. The van der Waals surface area contributed by atoms with E-state index in [1.165, 1.54) is 0 Å². The van der Waals surface area contributed by atoms with Crippen LogP contribution in [0.2, 0.25) is 5.02 Å². The fourth-order valence-electron chi connectivity index (χ4n) is 4.00. The van der Waals surface area contributed by atoms with Gasteiger partial charge in [-0.25, -0.2) is 4.79 Å². The van der Waals surface area contributed by atoms with E-state index in [-0.39, 0.29) is 24.0 Å². The topological polar surface area (TPSA) is 61.4 Å². The molecule has 3 amide bonds.